The van der Waals surface area contributed by atoms with Crippen LogP contribution in [0.3, 0.4) is 0 Å². The fourth-order valence-corrected chi connectivity index (χ4v) is 3.77. The van der Waals surface area contributed by atoms with Crippen LogP contribution in [0.2, 0.25) is 0 Å². The Balaban J connectivity index is 0.00000289. The molecule has 7 heteroatoms. The fourth-order valence-electron chi connectivity index (χ4n) is 2.27. The van der Waals surface area contributed by atoms with Crippen LogP contribution in [0, 0.1) is 5.92 Å². The quantitative estimate of drug-likeness (QED) is 0.768. The van der Waals surface area contributed by atoms with Crippen molar-refractivity contribution in [1.82, 2.24) is 14.3 Å². The van der Waals surface area contributed by atoms with E-state index in [1.807, 2.05) is 20.8 Å². The maximum atomic E-state index is 12.0. The summed E-state index contributed by atoms with van der Waals surface area (Å²) in [5.41, 5.74) is 0. The van der Waals surface area contributed by atoms with E-state index in [0.29, 0.717) is 19.0 Å². The summed E-state index contributed by atoms with van der Waals surface area (Å²) in [6.45, 7) is 8.65. The summed E-state index contributed by atoms with van der Waals surface area (Å²) in [5, 5.41) is 3.31. The van der Waals surface area contributed by atoms with Gasteiger partial charge in [0.25, 0.3) is 10.2 Å². The van der Waals surface area contributed by atoms with E-state index >= 15 is 0 Å². The first-order valence-corrected chi connectivity index (χ1v) is 7.93. The van der Waals surface area contributed by atoms with Gasteiger partial charge in [-0.25, -0.2) is 0 Å². The van der Waals surface area contributed by atoms with Gasteiger partial charge in [-0.2, -0.15) is 17.4 Å². The van der Waals surface area contributed by atoms with Gasteiger partial charge in [0.15, 0.2) is 0 Å². The summed E-state index contributed by atoms with van der Waals surface area (Å²) in [4.78, 5) is 0. The van der Waals surface area contributed by atoms with Crippen LogP contribution in [0.5, 0.6) is 0 Å². The molecule has 0 bridgehead atoms. The Kier molecular flexibility index (Phi) is 8.38. The van der Waals surface area contributed by atoms with E-state index in [1.54, 1.807) is 0 Å². The van der Waals surface area contributed by atoms with Crippen molar-refractivity contribution in [2.24, 2.45) is 5.92 Å². The summed E-state index contributed by atoms with van der Waals surface area (Å²) in [6.07, 6.45) is 2.22. The highest BCUT2D eigenvalue weighted by atomic mass is 35.5. The second kappa shape index (κ2) is 8.32. The molecular formula is C11H26ClN3O2S. The molecule has 0 aliphatic carbocycles. The van der Waals surface area contributed by atoms with Crippen LogP contribution in [0.1, 0.15) is 33.6 Å². The van der Waals surface area contributed by atoms with Crippen LogP contribution < -0.4 is 10.0 Å². The first-order valence-electron chi connectivity index (χ1n) is 6.49. The Hall–Kier alpha value is 0.120. The first kappa shape index (κ1) is 18.1. The molecule has 1 rings (SSSR count). The lowest BCUT2D eigenvalue weighted by molar-refractivity contribution is 0.314. The van der Waals surface area contributed by atoms with Gasteiger partial charge in [0.1, 0.15) is 0 Å². The highest BCUT2D eigenvalue weighted by Gasteiger charge is 2.26. The van der Waals surface area contributed by atoms with E-state index in [2.05, 4.69) is 10.0 Å². The topological polar surface area (TPSA) is 61.4 Å². The number of hydrogen-bond donors (Lipinski definition) is 2. The van der Waals surface area contributed by atoms with Gasteiger partial charge in [-0.05, 0) is 38.8 Å². The molecule has 0 aromatic heterocycles. The molecule has 110 valence electrons. The summed E-state index contributed by atoms with van der Waals surface area (Å²) < 4.78 is 28.3. The molecule has 0 aromatic carbocycles. The lowest BCUT2D eigenvalue weighted by atomic mass is 9.94. The molecule has 1 saturated heterocycles. The van der Waals surface area contributed by atoms with Crippen molar-refractivity contribution < 1.29 is 8.42 Å². The minimum Gasteiger partial charge on any atom is -0.316 e. The molecule has 0 aromatic rings. The van der Waals surface area contributed by atoms with Gasteiger partial charge in [-0.15, -0.1) is 12.4 Å². The van der Waals surface area contributed by atoms with Gasteiger partial charge in [-0.1, -0.05) is 13.8 Å². The molecule has 5 nitrogen and oxygen atoms in total. The van der Waals surface area contributed by atoms with E-state index in [1.165, 1.54) is 4.31 Å². The maximum absolute atomic E-state index is 12.0. The van der Waals surface area contributed by atoms with E-state index in [0.717, 1.165) is 25.9 Å². The third-order valence-corrected chi connectivity index (χ3v) is 5.29. The third-order valence-electron chi connectivity index (χ3n) is 3.42. The largest absolute Gasteiger partial charge is 0.316 e. The van der Waals surface area contributed by atoms with Crippen LogP contribution in [0.4, 0.5) is 0 Å². The summed E-state index contributed by atoms with van der Waals surface area (Å²) in [7, 11) is -3.32. The van der Waals surface area contributed by atoms with E-state index in [-0.39, 0.29) is 18.4 Å². The Bertz CT molecular complexity index is 314. The molecule has 0 radical (unpaired) electrons. The average molecular weight is 300 g/mol. The fraction of sp³-hybridized carbons (Fsp3) is 1.00. The zero-order valence-electron chi connectivity index (χ0n) is 11.5. The number of nitrogens with one attached hydrogen (secondary N) is 2. The molecule has 2 atom stereocenters. The Morgan fingerprint density at radius 3 is 2.44 bits per heavy atom. The van der Waals surface area contributed by atoms with Crippen molar-refractivity contribution >= 4 is 22.6 Å². The molecule has 1 fully saturated rings. The Morgan fingerprint density at radius 1 is 1.39 bits per heavy atom. The molecule has 1 aliphatic heterocycles. The predicted molar refractivity (Wildman–Crippen MR) is 77.3 cm³/mol. The molecule has 2 unspecified atom stereocenters. The third kappa shape index (κ3) is 5.01. The maximum Gasteiger partial charge on any atom is 0.279 e. The Morgan fingerprint density at radius 2 is 2.00 bits per heavy atom. The number of halogens is 1. The molecule has 2 N–H and O–H groups in total. The molecule has 0 amide bonds. The number of piperidine rings is 1. The van der Waals surface area contributed by atoms with Crippen LogP contribution in [-0.4, -0.2) is 44.9 Å². The summed E-state index contributed by atoms with van der Waals surface area (Å²) in [6, 6.07) is -0.00611. The standard InChI is InChI=1S/C11H25N3O2S.ClH/c1-4-14(5-2)17(15,16)13-10(3)11-7-6-8-12-9-11;/h10-13H,4-9H2,1-3H3;1H. The Labute approximate surface area is 117 Å². The van der Waals surface area contributed by atoms with E-state index in [4.69, 9.17) is 0 Å². The molecule has 1 aliphatic rings. The second-order valence-electron chi connectivity index (χ2n) is 4.60. The monoisotopic (exact) mass is 299 g/mol. The summed E-state index contributed by atoms with van der Waals surface area (Å²) in [5.74, 6) is 0.397. The van der Waals surface area contributed by atoms with Crippen molar-refractivity contribution in [1.29, 1.82) is 0 Å². The SMILES string of the molecule is CCN(CC)S(=O)(=O)NC(C)C1CCCNC1.Cl. The van der Waals surface area contributed by atoms with Crippen LogP contribution in [0.15, 0.2) is 0 Å². The van der Waals surface area contributed by atoms with E-state index in [9.17, 15) is 8.42 Å². The minimum atomic E-state index is -3.32. The van der Waals surface area contributed by atoms with Crippen molar-refractivity contribution in [3.63, 3.8) is 0 Å². The van der Waals surface area contributed by atoms with Gasteiger partial charge in [0.2, 0.25) is 0 Å². The van der Waals surface area contributed by atoms with Gasteiger partial charge in [0.05, 0.1) is 0 Å². The molecule has 1 heterocycles. The number of hydrogen-bond acceptors (Lipinski definition) is 3. The second-order valence-corrected chi connectivity index (χ2v) is 6.30. The van der Waals surface area contributed by atoms with Crippen molar-refractivity contribution in [3.05, 3.63) is 0 Å². The van der Waals surface area contributed by atoms with E-state index < -0.39 is 10.2 Å². The molecule has 0 saturated carbocycles. The zero-order chi connectivity index (χ0) is 12.9. The number of nitrogens with zero attached hydrogens (tertiary/aromatic N) is 1. The van der Waals surface area contributed by atoms with Gasteiger partial charge in [0, 0.05) is 19.1 Å². The van der Waals surface area contributed by atoms with Crippen molar-refractivity contribution in [2.45, 2.75) is 39.7 Å². The van der Waals surface area contributed by atoms with Gasteiger partial charge >= 0.3 is 0 Å². The predicted octanol–water partition coefficient (Wildman–Crippen LogP) is 0.972. The molecule has 18 heavy (non-hydrogen) atoms. The van der Waals surface area contributed by atoms with Crippen molar-refractivity contribution in [2.75, 3.05) is 26.2 Å². The molecule has 0 spiro atoms. The highest BCUT2D eigenvalue weighted by Crippen LogP contribution is 2.15. The number of rotatable bonds is 6. The van der Waals surface area contributed by atoms with Gasteiger partial charge < -0.3 is 5.32 Å². The zero-order valence-corrected chi connectivity index (χ0v) is 13.1. The first-order chi connectivity index (χ1) is 8.01. The van der Waals surface area contributed by atoms with Gasteiger partial charge in [-0.3, -0.25) is 0 Å². The van der Waals surface area contributed by atoms with Crippen molar-refractivity contribution in [3.8, 4) is 0 Å². The summed E-state index contributed by atoms with van der Waals surface area (Å²) >= 11 is 0. The average Bonchev–Trinajstić information content (AvgIpc) is 2.30. The minimum absolute atomic E-state index is 0. The lowest BCUT2D eigenvalue weighted by Gasteiger charge is -2.30. The molecular weight excluding hydrogens is 274 g/mol. The normalized spacial score (nSPS) is 22.6. The highest BCUT2D eigenvalue weighted by molar-refractivity contribution is 7.87. The van der Waals surface area contributed by atoms with Crippen LogP contribution in [0.25, 0.3) is 0 Å². The van der Waals surface area contributed by atoms with Crippen LogP contribution >= 0.6 is 12.4 Å². The smallest absolute Gasteiger partial charge is 0.279 e. The lowest BCUT2D eigenvalue weighted by Crippen LogP contribution is -2.49. The van der Waals surface area contributed by atoms with Crippen LogP contribution in [-0.2, 0) is 10.2 Å².